The van der Waals surface area contributed by atoms with Crippen LogP contribution in [0.5, 0.6) is 0 Å². The highest BCUT2D eigenvalue weighted by molar-refractivity contribution is 5.85. The van der Waals surface area contributed by atoms with Gasteiger partial charge in [0.2, 0.25) is 0 Å². The molecule has 1 aliphatic heterocycles. The summed E-state index contributed by atoms with van der Waals surface area (Å²) in [6.07, 6.45) is 5.92. The van der Waals surface area contributed by atoms with E-state index in [1.54, 1.807) is 16.9 Å². The first-order chi connectivity index (χ1) is 12.1. The highest BCUT2D eigenvalue weighted by atomic mass is 16.4. The lowest BCUT2D eigenvalue weighted by Gasteiger charge is -2.32. The van der Waals surface area contributed by atoms with Crippen LogP contribution < -0.4 is 0 Å². The fraction of sp³-hybridized carbons (Fsp3) is 0.389. The molecule has 0 saturated carbocycles. The van der Waals surface area contributed by atoms with Gasteiger partial charge in [-0.05, 0) is 44.5 Å². The SMILES string of the molecule is Cc1nc2ccccn2c1CN1CCCC(n2ccc(C(=O)O)n2)C1. The number of carboxylic acid groups (broad SMARTS) is 1. The quantitative estimate of drug-likeness (QED) is 0.790. The van der Waals surface area contributed by atoms with Crippen molar-refractivity contribution >= 4 is 11.6 Å². The molecule has 0 radical (unpaired) electrons. The Kier molecular flexibility index (Phi) is 4.01. The van der Waals surface area contributed by atoms with Crippen LogP contribution in [0.25, 0.3) is 5.65 Å². The van der Waals surface area contributed by atoms with Gasteiger partial charge >= 0.3 is 5.97 Å². The number of aromatic carboxylic acids is 1. The van der Waals surface area contributed by atoms with Crippen molar-refractivity contribution in [2.75, 3.05) is 13.1 Å². The van der Waals surface area contributed by atoms with Crippen LogP contribution in [0.1, 0.15) is 40.8 Å². The second-order valence-electron chi connectivity index (χ2n) is 6.59. The number of pyridine rings is 1. The molecule has 0 bridgehead atoms. The van der Waals surface area contributed by atoms with Crippen molar-refractivity contribution in [3.05, 3.63) is 53.7 Å². The van der Waals surface area contributed by atoms with Gasteiger partial charge in [0.15, 0.2) is 5.69 Å². The molecule has 0 aliphatic carbocycles. The fourth-order valence-corrected chi connectivity index (χ4v) is 3.61. The first-order valence-corrected chi connectivity index (χ1v) is 8.55. The molecule has 1 saturated heterocycles. The third-order valence-corrected chi connectivity index (χ3v) is 4.88. The van der Waals surface area contributed by atoms with E-state index in [9.17, 15) is 4.79 Å². The molecule has 0 aromatic carbocycles. The number of hydrogen-bond donors (Lipinski definition) is 1. The summed E-state index contributed by atoms with van der Waals surface area (Å²) < 4.78 is 3.95. The van der Waals surface area contributed by atoms with Gasteiger partial charge in [-0.25, -0.2) is 9.78 Å². The molecule has 1 fully saturated rings. The van der Waals surface area contributed by atoms with Gasteiger partial charge in [0.1, 0.15) is 5.65 Å². The number of carboxylic acids is 1. The first kappa shape index (κ1) is 15.8. The van der Waals surface area contributed by atoms with Crippen molar-refractivity contribution in [3.63, 3.8) is 0 Å². The maximum Gasteiger partial charge on any atom is 0.356 e. The number of nitrogens with zero attached hydrogens (tertiary/aromatic N) is 5. The summed E-state index contributed by atoms with van der Waals surface area (Å²) >= 11 is 0. The van der Waals surface area contributed by atoms with E-state index in [1.807, 2.05) is 18.2 Å². The van der Waals surface area contributed by atoms with Crippen LogP contribution in [0.4, 0.5) is 0 Å². The molecule has 130 valence electrons. The molecular weight excluding hydrogens is 318 g/mol. The van der Waals surface area contributed by atoms with E-state index in [1.165, 1.54) is 5.69 Å². The Hall–Kier alpha value is -2.67. The third kappa shape index (κ3) is 3.02. The molecule has 4 heterocycles. The second kappa shape index (κ2) is 6.33. The highest BCUT2D eigenvalue weighted by Gasteiger charge is 2.24. The predicted molar refractivity (Wildman–Crippen MR) is 92.7 cm³/mol. The van der Waals surface area contributed by atoms with Gasteiger partial charge in [-0.2, -0.15) is 5.10 Å². The van der Waals surface area contributed by atoms with E-state index in [0.717, 1.165) is 43.8 Å². The Morgan fingerprint density at radius 3 is 3.00 bits per heavy atom. The van der Waals surface area contributed by atoms with Crippen LogP contribution in [-0.2, 0) is 6.54 Å². The van der Waals surface area contributed by atoms with Gasteiger partial charge in [0, 0.05) is 25.5 Å². The van der Waals surface area contributed by atoms with Gasteiger partial charge in [0.05, 0.1) is 17.4 Å². The summed E-state index contributed by atoms with van der Waals surface area (Å²) in [6.45, 7) is 4.78. The minimum Gasteiger partial charge on any atom is -0.476 e. The van der Waals surface area contributed by atoms with Gasteiger partial charge in [-0.15, -0.1) is 0 Å². The number of imidazole rings is 1. The van der Waals surface area contributed by atoms with E-state index in [-0.39, 0.29) is 11.7 Å². The zero-order valence-electron chi connectivity index (χ0n) is 14.2. The minimum atomic E-state index is -0.979. The highest BCUT2D eigenvalue weighted by Crippen LogP contribution is 2.23. The van der Waals surface area contributed by atoms with Crippen LogP contribution in [0.2, 0.25) is 0 Å². The summed E-state index contributed by atoms with van der Waals surface area (Å²) in [5.74, 6) is -0.979. The molecule has 7 heteroatoms. The minimum absolute atomic E-state index is 0.106. The number of rotatable bonds is 4. The number of hydrogen-bond acceptors (Lipinski definition) is 4. The normalized spacial score (nSPS) is 18.7. The molecule has 3 aromatic rings. The molecule has 0 amide bonds. The van der Waals surface area contributed by atoms with Crippen molar-refractivity contribution in [2.24, 2.45) is 0 Å². The maximum atomic E-state index is 11.0. The van der Waals surface area contributed by atoms with Crippen molar-refractivity contribution in [2.45, 2.75) is 32.4 Å². The van der Waals surface area contributed by atoms with Gasteiger partial charge in [-0.1, -0.05) is 6.07 Å². The monoisotopic (exact) mass is 339 g/mol. The number of aryl methyl sites for hydroxylation is 1. The van der Waals surface area contributed by atoms with E-state index in [4.69, 9.17) is 5.11 Å². The molecule has 1 aliphatic rings. The maximum absolute atomic E-state index is 11.0. The molecule has 1 atom stereocenters. The molecular formula is C18H21N5O2. The third-order valence-electron chi connectivity index (χ3n) is 4.88. The van der Waals surface area contributed by atoms with Crippen LogP contribution in [0.3, 0.4) is 0 Å². The molecule has 25 heavy (non-hydrogen) atoms. The van der Waals surface area contributed by atoms with Gasteiger partial charge in [-0.3, -0.25) is 9.58 Å². The van der Waals surface area contributed by atoms with Gasteiger partial charge in [0.25, 0.3) is 0 Å². The summed E-state index contributed by atoms with van der Waals surface area (Å²) in [7, 11) is 0. The lowest BCUT2D eigenvalue weighted by atomic mass is 10.1. The summed E-state index contributed by atoms with van der Waals surface area (Å²) in [5, 5.41) is 13.3. The van der Waals surface area contributed by atoms with Crippen molar-refractivity contribution in [3.8, 4) is 0 Å². The summed E-state index contributed by atoms with van der Waals surface area (Å²) in [6, 6.07) is 7.82. The standard InChI is InChI=1S/C18H21N5O2/c1-13-16(22-9-3-2-6-17(22)19-13)12-21-8-4-5-14(11-21)23-10-7-15(20-23)18(24)25/h2-3,6-7,9-10,14H,4-5,8,11-12H2,1H3,(H,24,25). The first-order valence-electron chi connectivity index (χ1n) is 8.55. The Balaban J connectivity index is 1.53. The van der Waals surface area contributed by atoms with E-state index in [2.05, 4.69) is 32.5 Å². The average Bonchev–Trinajstić information content (AvgIpc) is 3.21. The molecule has 0 spiro atoms. The Labute approximate surface area is 145 Å². The van der Waals surface area contributed by atoms with Crippen LogP contribution >= 0.6 is 0 Å². The average molecular weight is 339 g/mol. The van der Waals surface area contributed by atoms with Crippen LogP contribution in [0, 0.1) is 6.92 Å². The topological polar surface area (TPSA) is 75.7 Å². The van der Waals surface area contributed by atoms with Crippen LogP contribution in [0.15, 0.2) is 36.7 Å². The number of likely N-dealkylation sites (tertiary alicyclic amines) is 1. The van der Waals surface area contributed by atoms with E-state index >= 15 is 0 Å². The summed E-state index contributed by atoms with van der Waals surface area (Å²) in [4.78, 5) is 18.1. The number of aromatic nitrogens is 4. The molecule has 1 N–H and O–H groups in total. The van der Waals surface area contributed by atoms with Crippen molar-refractivity contribution in [1.29, 1.82) is 0 Å². The number of piperidine rings is 1. The van der Waals surface area contributed by atoms with Gasteiger partial charge < -0.3 is 9.51 Å². The lowest BCUT2D eigenvalue weighted by Crippen LogP contribution is -2.36. The zero-order chi connectivity index (χ0) is 17.4. The Bertz CT molecular complexity index is 913. The second-order valence-corrected chi connectivity index (χ2v) is 6.59. The molecule has 7 nitrogen and oxygen atoms in total. The van der Waals surface area contributed by atoms with E-state index < -0.39 is 5.97 Å². The number of carbonyl (C=O) groups is 1. The lowest BCUT2D eigenvalue weighted by molar-refractivity contribution is 0.0688. The van der Waals surface area contributed by atoms with Crippen molar-refractivity contribution < 1.29 is 9.90 Å². The molecule has 4 rings (SSSR count). The van der Waals surface area contributed by atoms with Crippen molar-refractivity contribution in [1.82, 2.24) is 24.1 Å². The Morgan fingerprint density at radius 1 is 1.32 bits per heavy atom. The summed E-state index contributed by atoms with van der Waals surface area (Å²) in [5.41, 5.74) is 3.35. The predicted octanol–water partition coefficient (Wildman–Crippen LogP) is 2.37. The number of fused-ring (bicyclic) bond motifs is 1. The fourth-order valence-electron chi connectivity index (χ4n) is 3.61. The van der Waals surface area contributed by atoms with E-state index in [0.29, 0.717) is 0 Å². The largest absolute Gasteiger partial charge is 0.476 e. The Morgan fingerprint density at radius 2 is 2.20 bits per heavy atom. The van der Waals surface area contributed by atoms with Crippen LogP contribution in [-0.4, -0.2) is 48.2 Å². The molecule has 3 aromatic heterocycles. The zero-order valence-corrected chi connectivity index (χ0v) is 14.2. The smallest absolute Gasteiger partial charge is 0.356 e. The molecule has 1 unspecified atom stereocenters.